The molecule has 124 valence electrons. The van der Waals surface area contributed by atoms with Crippen molar-refractivity contribution in [3.05, 3.63) is 59.7 Å². The molecule has 2 N–H and O–H groups in total. The van der Waals surface area contributed by atoms with Crippen LogP contribution in [0, 0.1) is 12.3 Å². The summed E-state index contributed by atoms with van der Waals surface area (Å²) in [4.78, 5) is 12.2. The zero-order chi connectivity index (χ0) is 17.6. The second-order valence-electron chi connectivity index (χ2n) is 5.12. The maximum atomic E-state index is 12.0. The van der Waals surface area contributed by atoms with Gasteiger partial charge >= 0.3 is 0 Å². The summed E-state index contributed by atoms with van der Waals surface area (Å²) in [5.41, 5.74) is 2.25. The number of nitrogens with one attached hydrogen (secondary N) is 2. The minimum atomic E-state index is -3.44. The van der Waals surface area contributed by atoms with Gasteiger partial charge in [0.15, 0.2) is 0 Å². The van der Waals surface area contributed by atoms with Gasteiger partial charge in [0.1, 0.15) is 0 Å². The van der Waals surface area contributed by atoms with Gasteiger partial charge in [0.05, 0.1) is 4.90 Å². The lowest BCUT2D eigenvalue weighted by molar-refractivity contribution is -0.116. The third-order valence-electron chi connectivity index (χ3n) is 3.46. The number of sulfonamides is 1. The van der Waals surface area contributed by atoms with E-state index in [-0.39, 0.29) is 10.8 Å². The molecule has 2 aromatic carbocycles. The standard InChI is InChI=1S/C18H18N2O3S/c1-3-14-5-4-6-16(13-14)20-18(21)12-9-15-7-10-17(11-8-15)24(22,23)19-2/h1,4-8,10-11,13,19H,9,12H2,2H3,(H,20,21). The number of terminal acetylenes is 1. The molecule has 5 nitrogen and oxygen atoms in total. The zero-order valence-electron chi connectivity index (χ0n) is 13.2. The van der Waals surface area contributed by atoms with Crippen LogP contribution in [-0.4, -0.2) is 21.4 Å². The number of aryl methyl sites for hydroxylation is 1. The maximum absolute atomic E-state index is 12.0. The van der Waals surface area contributed by atoms with Gasteiger partial charge in [-0.05, 0) is 49.4 Å². The summed E-state index contributed by atoms with van der Waals surface area (Å²) in [6, 6.07) is 13.5. The number of rotatable bonds is 6. The van der Waals surface area contributed by atoms with Gasteiger partial charge in [0.25, 0.3) is 0 Å². The highest BCUT2D eigenvalue weighted by atomic mass is 32.2. The molecule has 0 aromatic heterocycles. The van der Waals surface area contributed by atoms with Crippen molar-refractivity contribution in [2.24, 2.45) is 0 Å². The fourth-order valence-corrected chi connectivity index (χ4v) is 2.85. The Hall–Kier alpha value is -2.62. The van der Waals surface area contributed by atoms with Crippen molar-refractivity contribution in [3.8, 4) is 12.3 Å². The van der Waals surface area contributed by atoms with E-state index in [4.69, 9.17) is 6.42 Å². The Morgan fingerprint density at radius 2 is 1.88 bits per heavy atom. The molecule has 0 aliphatic heterocycles. The first-order valence-corrected chi connectivity index (χ1v) is 8.82. The smallest absolute Gasteiger partial charge is 0.240 e. The van der Waals surface area contributed by atoms with E-state index in [1.54, 1.807) is 36.4 Å². The number of hydrogen-bond donors (Lipinski definition) is 2. The summed E-state index contributed by atoms with van der Waals surface area (Å²) in [5, 5.41) is 2.79. The maximum Gasteiger partial charge on any atom is 0.240 e. The quantitative estimate of drug-likeness (QED) is 0.790. The molecule has 6 heteroatoms. The second kappa shape index (κ2) is 7.77. The van der Waals surface area contributed by atoms with Gasteiger partial charge in [-0.2, -0.15) is 0 Å². The van der Waals surface area contributed by atoms with E-state index in [0.29, 0.717) is 24.1 Å². The van der Waals surface area contributed by atoms with Crippen LogP contribution in [-0.2, 0) is 21.2 Å². The molecule has 0 saturated carbocycles. The Balaban J connectivity index is 1.93. The fraction of sp³-hybridized carbons (Fsp3) is 0.167. The van der Waals surface area contributed by atoms with Crippen LogP contribution in [0.15, 0.2) is 53.4 Å². The van der Waals surface area contributed by atoms with Gasteiger partial charge in [-0.1, -0.05) is 24.1 Å². The molecular weight excluding hydrogens is 324 g/mol. The number of anilines is 1. The average molecular weight is 342 g/mol. The number of hydrogen-bond acceptors (Lipinski definition) is 3. The van der Waals surface area contributed by atoms with Crippen LogP contribution in [0.4, 0.5) is 5.69 Å². The monoisotopic (exact) mass is 342 g/mol. The van der Waals surface area contributed by atoms with Crippen LogP contribution >= 0.6 is 0 Å². The Kier molecular flexibility index (Phi) is 5.74. The lowest BCUT2D eigenvalue weighted by Crippen LogP contribution is -2.18. The van der Waals surface area contributed by atoms with Crippen molar-refractivity contribution < 1.29 is 13.2 Å². The molecule has 24 heavy (non-hydrogen) atoms. The van der Waals surface area contributed by atoms with Crippen molar-refractivity contribution in [2.75, 3.05) is 12.4 Å². The first-order chi connectivity index (χ1) is 11.4. The summed E-state index contributed by atoms with van der Waals surface area (Å²) in [6.45, 7) is 0. The van der Waals surface area contributed by atoms with Crippen LogP contribution in [0.3, 0.4) is 0 Å². The molecule has 0 radical (unpaired) electrons. The molecule has 0 spiro atoms. The van der Waals surface area contributed by atoms with E-state index >= 15 is 0 Å². The normalized spacial score (nSPS) is 10.8. The zero-order valence-corrected chi connectivity index (χ0v) is 14.1. The summed E-state index contributed by atoms with van der Waals surface area (Å²) >= 11 is 0. The molecule has 2 aromatic rings. The first kappa shape index (κ1) is 17.7. The Morgan fingerprint density at radius 3 is 2.50 bits per heavy atom. The predicted octanol–water partition coefficient (Wildman–Crippen LogP) is 2.15. The van der Waals surface area contributed by atoms with E-state index in [1.807, 2.05) is 0 Å². The van der Waals surface area contributed by atoms with Gasteiger partial charge in [-0.25, -0.2) is 13.1 Å². The van der Waals surface area contributed by atoms with Gasteiger partial charge < -0.3 is 5.32 Å². The first-order valence-electron chi connectivity index (χ1n) is 7.33. The van der Waals surface area contributed by atoms with Crippen LogP contribution in [0.5, 0.6) is 0 Å². The average Bonchev–Trinajstić information content (AvgIpc) is 2.60. The van der Waals surface area contributed by atoms with Crippen molar-refractivity contribution in [3.63, 3.8) is 0 Å². The molecule has 0 atom stereocenters. The van der Waals surface area contributed by atoms with Gasteiger partial charge in [0.2, 0.25) is 15.9 Å². The van der Waals surface area contributed by atoms with Crippen LogP contribution in [0.25, 0.3) is 0 Å². The van der Waals surface area contributed by atoms with Gasteiger partial charge in [-0.15, -0.1) is 6.42 Å². The third-order valence-corrected chi connectivity index (χ3v) is 4.89. The Morgan fingerprint density at radius 1 is 1.17 bits per heavy atom. The van der Waals surface area contributed by atoms with E-state index in [1.165, 1.54) is 19.2 Å². The van der Waals surface area contributed by atoms with Crippen LogP contribution in [0.1, 0.15) is 17.5 Å². The van der Waals surface area contributed by atoms with Crippen molar-refractivity contribution in [1.29, 1.82) is 0 Å². The molecule has 0 unspecified atom stereocenters. The highest BCUT2D eigenvalue weighted by molar-refractivity contribution is 7.89. The molecule has 0 fully saturated rings. The minimum absolute atomic E-state index is 0.129. The fourth-order valence-electron chi connectivity index (χ4n) is 2.12. The molecule has 0 aliphatic rings. The highest BCUT2D eigenvalue weighted by Gasteiger charge is 2.10. The largest absolute Gasteiger partial charge is 0.326 e. The minimum Gasteiger partial charge on any atom is -0.326 e. The SMILES string of the molecule is C#Cc1cccc(NC(=O)CCc2ccc(S(=O)(=O)NC)cc2)c1. The van der Waals surface area contributed by atoms with Crippen molar-refractivity contribution in [2.45, 2.75) is 17.7 Å². The lowest BCUT2D eigenvalue weighted by Gasteiger charge is -2.07. The van der Waals surface area contributed by atoms with Crippen molar-refractivity contribution >= 4 is 21.6 Å². The third kappa shape index (κ3) is 4.69. The van der Waals surface area contributed by atoms with E-state index in [2.05, 4.69) is 16.0 Å². The highest BCUT2D eigenvalue weighted by Crippen LogP contribution is 2.13. The Labute approximate surface area is 142 Å². The molecule has 0 saturated heterocycles. The van der Waals surface area contributed by atoms with Crippen molar-refractivity contribution in [1.82, 2.24) is 4.72 Å². The summed E-state index contributed by atoms with van der Waals surface area (Å²) in [6.07, 6.45) is 6.13. The van der Waals surface area contributed by atoms with Gasteiger partial charge in [-0.3, -0.25) is 4.79 Å². The number of benzene rings is 2. The van der Waals surface area contributed by atoms with E-state index < -0.39 is 10.0 Å². The summed E-state index contributed by atoms with van der Waals surface area (Å²) in [5.74, 6) is 2.39. The molecular formula is C18H18N2O3S. The van der Waals surface area contributed by atoms with Crippen LogP contribution < -0.4 is 10.0 Å². The number of carbonyl (C=O) groups is 1. The number of amides is 1. The molecule has 2 rings (SSSR count). The second-order valence-corrected chi connectivity index (χ2v) is 7.01. The molecule has 1 amide bonds. The summed E-state index contributed by atoms with van der Waals surface area (Å²) < 4.78 is 25.5. The summed E-state index contributed by atoms with van der Waals surface area (Å²) in [7, 11) is -2.08. The molecule has 0 heterocycles. The van der Waals surface area contributed by atoms with E-state index in [9.17, 15) is 13.2 Å². The Bertz CT molecular complexity index is 866. The molecule has 0 aliphatic carbocycles. The molecule has 0 bridgehead atoms. The lowest BCUT2D eigenvalue weighted by atomic mass is 10.1. The van der Waals surface area contributed by atoms with Crippen LogP contribution in [0.2, 0.25) is 0 Å². The van der Waals surface area contributed by atoms with E-state index in [0.717, 1.165) is 5.56 Å². The van der Waals surface area contributed by atoms with Gasteiger partial charge in [0, 0.05) is 17.7 Å². The number of carbonyl (C=O) groups excluding carboxylic acids is 1. The topological polar surface area (TPSA) is 75.3 Å². The predicted molar refractivity (Wildman–Crippen MR) is 94.0 cm³/mol.